The van der Waals surface area contributed by atoms with Crippen LogP contribution in [0.25, 0.3) is 0 Å². The highest BCUT2D eigenvalue weighted by atomic mass is 32.1. The summed E-state index contributed by atoms with van der Waals surface area (Å²) in [4.78, 5) is 12.4. The fourth-order valence-electron chi connectivity index (χ4n) is 2.79. The average molecular weight is 311 g/mol. The smallest absolute Gasteiger partial charge is 0.263 e. The molecule has 1 aliphatic carbocycles. The Balaban J connectivity index is 2.16. The SMILES string of the molecule is CNC(=O)c1sc(NC2CCCCCCC2)c(OC)c1N. The zero-order valence-corrected chi connectivity index (χ0v) is 13.6. The molecule has 0 unspecified atom stereocenters. The van der Waals surface area contributed by atoms with Crippen LogP contribution in [-0.4, -0.2) is 26.1 Å². The van der Waals surface area contributed by atoms with Crippen molar-refractivity contribution >= 4 is 27.9 Å². The Hall–Kier alpha value is -1.43. The van der Waals surface area contributed by atoms with Gasteiger partial charge >= 0.3 is 0 Å². The monoisotopic (exact) mass is 311 g/mol. The van der Waals surface area contributed by atoms with Crippen molar-refractivity contribution in [3.8, 4) is 5.75 Å². The Morgan fingerprint density at radius 2 is 1.86 bits per heavy atom. The molecule has 1 saturated carbocycles. The van der Waals surface area contributed by atoms with Gasteiger partial charge in [-0.3, -0.25) is 4.79 Å². The Labute approximate surface area is 130 Å². The van der Waals surface area contributed by atoms with E-state index < -0.39 is 0 Å². The van der Waals surface area contributed by atoms with Crippen LogP contribution < -0.4 is 21.1 Å². The first-order chi connectivity index (χ1) is 10.2. The van der Waals surface area contributed by atoms with Gasteiger partial charge in [-0.15, -0.1) is 11.3 Å². The first-order valence-electron chi connectivity index (χ1n) is 7.62. The predicted octanol–water partition coefficient (Wildman–Crippen LogP) is 3.22. The number of carbonyl (C=O) groups is 1. The largest absolute Gasteiger partial charge is 0.492 e. The summed E-state index contributed by atoms with van der Waals surface area (Å²) >= 11 is 1.38. The number of anilines is 2. The Kier molecular flexibility index (Phi) is 5.73. The van der Waals surface area contributed by atoms with Gasteiger partial charge in [0.1, 0.15) is 15.6 Å². The quantitative estimate of drug-likeness (QED) is 0.798. The zero-order valence-electron chi connectivity index (χ0n) is 12.8. The molecule has 0 aliphatic heterocycles. The molecule has 1 heterocycles. The zero-order chi connectivity index (χ0) is 15.2. The second kappa shape index (κ2) is 7.54. The van der Waals surface area contributed by atoms with Crippen molar-refractivity contribution in [2.75, 3.05) is 25.2 Å². The van der Waals surface area contributed by atoms with E-state index >= 15 is 0 Å². The topological polar surface area (TPSA) is 76.4 Å². The summed E-state index contributed by atoms with van der Waals surface area (Å²) in [5.74, 6) is 0.433. The number of nitrogen functional groups attached to an aromatic ring is 1. The molecule has 1 aromatic rings. The van der Waals surface area contributed by atoms with Crippen LogP contribution in [0.2, 0.25) is 0 Å². The van der Waals surface area contributed by atoms with Crippen molar-refractivity contribution in [3.63, 3.8) is 0 Å². The van der Waals surface area contributed by atoms with Crippen molar-refractivity contribution in [2.45, 2.75) is 51.0 Å². The highest BCUT2D eigenvalue weighted by molar-refractivity contribution is 7.19. The van der Waals surface area contributed by atoms with Crippen molar-refractivity contribution in [2.24, 2.45) is 0 Å². The van der Waals surface area contributed by atoms with Gasteiger partial charge in [0.25, 0.3) is 5.91 Å². The number of hydrogen-bond donors (Lipinski definition) is 3. The van der Waals surface area contributed by atoms with E-state index in [0.717, 1.165) is 17.8 Å². The Bertz CT molecular complexity index is 480. The van der Waals surface area contributed by atoms with Crippen molar-refractivity contribution < 1.29 is 9.53 Å². The van der Waals surface area contributed by atoms with Gasteiger partial charge in [-0.2, -0.15) is 0 Å². The molecule has 0 spiro atoms. The van der Waals surface area contributed by atoms with Crippen molar-refractivity contribution in [3.05, 3.63) is 4.88 Å². The van der Waals surface area contributed by atoms with Crippen LogP contribution in [0.4, 0.5) is 10.7 Å². The molecule has 4 N–H and O–H groups in total. The summed E-state index contributed by atoms with van der Waals surface area (Å²) in [5, 5.41) is 7.03. The standard InChI is InChI=1S/C15H25N3O2S/c1-17-14(19)13-11(16)12(20-2)15(21-13)18-10-8-6-4-3-5-7-9-10/h10,18H,3-9,16H2,1-2H3,(H,17,19). The molecular formula is C15H25N3O2S. The third-order valence-corrected chi connectivity index (χ3v) is 5.09. The van der Waals surface area contributed by atoms with Gasteiger partial charge in [0.2, 0.25) is 0 Å². The van der Waals surface area contributed by atoms with Crippen molar-refractivity contribution in [1.82, 2.24) is 5.32 Å². The fraction of sp³-hybridized carbons (Fsp3) is 0.667. The molecule has 0 atom stereocenters. The molecule has 5 nitrogen and oxygen atoms in total. The number of nitrogens with two attached hydrogens (primary N) is 1. The maximum Gasteiger partial charge on any atom is 0.263 e. The van der Waals surface area contributed by atoms with Crippen LogP contribution in [0.3, 0.4) is 0 Å². The maximum absolute atomic E-state index is 11.8. The van der Waals surface area contributed by atoms with E-state index in [4.69, 9.17) is 10.5 Å². The Morgan fingerprint density at radius 1 is 1.24 bits per heavy atom. The summed E-state index contributed by atoms with van der Waals surface area (Å²) in [7, 11) is 3.20. The van der Waals surface area contributed by atoms with Gasteiger partial charge in [-0.05, 0) is 12.8 Å². The predicted molar refractivity (Wildman–Crippen MR) is 88.4 cm³/mol. The van der Waals surface area contributed by atoms with E-state index in [0.29, 0.717) is 22.4 Å². The number of ether oxygens (including phenoxy) is 1. The molecule has 6 heteroatoms. The minimum Gasteiger partial charge on any atom is -0.492 e. The number of amides is 1. The molecular weight excluding hydrogens is 286 g/mol. The van der Waals surface area contributed by atoms with Gasteiger partial charge in [-0.1, -0.05) is 32.1 Å². The third-order valence-electron chi connectivity index (χ3n) is 3.98. The van der Waals surface area contributed by atoms with Crippen LogP contribution in [-0.2, 0) is 0 Å². The van der Waals surface area contributed by atoms with E-state index in [1.165, 1.54) is 43.4 Å². The van der Waals surface area contributed by atoms with Crippen molar-refractivity contribution in [1.29, 1.82) is 0 Å². The second-order valence-corrected chi connectivity index (χ2v) is 6.49. The highest BCUT2D eigenvalue weighted by Crippen LogP contribution is 2.43. The lowest BCUT2D eigenvalue weighted by Gasteiger charge is -2.21. The fourth-order valence-corrected chi connectivity index (χ4v) is 3.91. The summed E-state index contributed by atoms with van der Waals surface area (Å²) in [5.41, 5.74) is 6.46. The average Bonchev–Trinajstić information content (AvgIpc) is 2.76. The number of nitrogens with one attached hydrogen (secondary N) is 2. The number of thiophene rings is 1. The molecule has 1 fully saturated rings. The van der Waals surface area contributed by atoms with Crippen LogP contribution >= 0.6 is 11.3 Å². The number of hydrogen-bond acceptors (Lipinski definition) is 5. The van der Waals surface area contributed by atoms with E-state index in [1.54, 1.807) is 14.2 Å². The first-order valence-corrected chi connectivity index (χ1v) is 8.44. The minimum atomic E-state index is -0.165. The lowest BCUT2D eigenvalue weighted by atomic mass is 9.97. The number of rotatable bonds is 4. The molecule has 0 aromatic carbocycles. The lowest BCUT2D eigenvalue weighted by molar-refractivity contribution is 0.0967. The lowest BCUT2D eigenvalue weighted by Crippen LogP contribution is -2.20. The molecule has 1 aromatic heterocycles. The molecule has 0 saturated heterocycles. The van der Waals surface area contributed by atoms with E-state index in [-0.39, 0.29) is 5.91 Å². The Morgan fingerprint density at radius 3 is 2.43 bits per heavy atom. The van der Waals surface area contributed by atoms with Crippen LogP contribution in [0.1, 0.15) is 54.6 Å². The van der Waals surface area contributed by atoms with Crippen LogP contribution in [0.15, 0.2) is 0 Å². The summed E-state index contributed by atoms with van der Waals surface area (Å²) in [6, 6.07) is 0.440. The molecule has 0 bridgehead atoms. The summed E-state index contributed by atoms with van der Waals surface area (Å²) in [6.07, 6.45) is 8.80. The van der Waals surface area contributed by atoms with Gasteiger partial charge in [0, 0.05) is 13.1 Å². The molecule has 1 amide bonds. The van der Waals surface area contributed by atoms with Crippen LogP contribution in [0, 0.1) is 0 Å². The number of carbonyl (C=O) groups excluding carboxylic acids is 1. The van der Waals surface area contributed by atoms with E-state index in [2.05, 4.69) is 10.6 Å². The highest BCUT2D eigenvalue weighted by Gasteiger charge is 2.23. The van der Waals surface area contributed by atoms with Gasteiger partial charge < -0.3 is 21.1 Å². The van der Waals surface area contributed by atoms with E-state index in [1.807, 2.05) is 0 Å². The molecule has 118 valence electrons. The first kappa shape index (κ1) is 15.9. The third kappa shape index (κ3) is 3.81. The summed E-state index contributed by atoms with van der Waals surface area (Å²) in [6.45, 7) is 0. The molecule has 1 aliphatic rings. The molecule has 0 radical (unpaired) electrons. The molecule has 21 heavy (non-hydrogen) atoms. The molecule has 2 rings (SSSR count). The van der Waals surface area contributed by atoms with Gasteiger partial charge in [0.05, 0.1) is 7.11 Å². The minimum absolute atomic E-state index is 0.165. The second-order valence-electron chi connectivity index (χ2n) is 5.47. The van der Waals surface area contributed by atoms with Crippen LogP contribution in [0.5, 0.6) is 5.75 Å². The maximum atomic E-state index is 11.8. The van der Waals surface area contributed by atoms with Gasteiger partial charge in [0.15, 0.2) is 5.75 Å². The summed E-state index contributed by atoms with van der Waals surface area (Å²) < 4.78 is 5.39. The van der Waals surface area contributed by atoms with Gasteiger partial charge in [-0.25, -0.2) is 0 Å². The van der Waals surface area contributed by atoms with E-state index in [9.17, 15) is 4.79 Å². The number of methoxy groups -OCH3 is 1. The normalized spacial score (nSPS) is 16.9.